The number of hydrogen-bond acceptors (Lipinski definition) is 4. The normalized spacial score (nSPS) is 27.2. The number of carbonyl (C=O) groups is 1. The molecule has 4 heterocycles. The van der Waals surface area contributed by atoms with Crippen LogP contribution < -0.4 is 10.1 Å². The van der Waals surface area contributed by atoms with Crippen molar-refractivity contribution >= 4 is 17.5 Å². The number of halogens is 1. The second-order valence-electron chi connectivity index (χ2n) is 7.05. The van der Waals surface area contributed by atoms with Crippen LogP contribution in [0.5, 0.6) is 11.6 Å². The molecule has 3 saturated heterocycles. The van der Waals surface area contributed by atoms with Crippen LogP contribution >= 0.6 is 11.6 Å². The molecule has 1 aromatic carbocycles. The average Bonchev–Trinajstić information content (AvgIpc) is 2.67. The number of hydrogen-bond donors (Lipinski definition) is 1. The molecule has 2 aromatic rings. The lowest BCUT2D eigenvalue weighted by atomic mass is 9.79. The Balaban J connectivity index is 1.40. The number of fused-ring (bicyclic) bond motifs is 3. The number of carbonyl (C=O) groups excluding carboxylic acids is 1. The molecule has 1 aromatic heterocycles. The molecule has 0 unspecified atom stereocenters. The van der Waals surface area contributed by atoms with Gasteiger partial charge in [-0.25, -0.2) is 4.98 Å². The van der Waals surface area contributed by atoms with Gasteiger partial charge in [0.05, 0.1) is 5.02 Å². The van der Waals surface area contributed by atoms with Gasteiger partial charge in [-0.05, 0) is 69.1 Å². The standard InChI is InChI=1S/C20H22ClN3O2/c1-13-19(14-8-10-24(13)11-9-14)23-20(25)15-2-5-17(6-3-15)26-18-7-4-16(21)12-22-18/h2-7,12-14,19H,8-11H2,1H3,(H,23,25)/t13-,19-/m0/s1. The van der Waals surface area contributed by atoms with Gasteiger partial charge < -0.3 is 10.1 Å². The van der Waals surface area contributed by atoms with Gasteiger partial charge in [0.2, 0.25) is 5.88 Å². The minimum Gasteiger partial charge on any atom is -0.439 e. The molecule has 2 atom stereocenters. The van der Waals surface area contributed by atoms with Crippen molar-refractivity contribution in [1.29, 1.82) is 0 Å². The zero-order valence-corrected chi connectivity index (χ0v) is 15.4. The maximum atomic E-state index is 12.6. The van der Waals surface area contributed by atoms with Crippen LogP contribution in [0, 0.1) is 5.92 Å². The van der Waals surface area contributed by atoms with Crippen LogP contribution in [0.2, 0.25) is 5.02 Å². The van der Waals surface area contributed by atoms with Crippen LogP contribution in [0.25, 0.3) is 0 Å². The van der Waals surface area contributed by atoms with Crippen molar-refractivity contribution < 1.29 is 9.53 Å². The number of aromatic nitrogens is 1. The van der Waals surface area contributed by atoms with Crippen LogP contribution in [0.15, 0.2) is 42.6 Å². The highest BCUT2D eigenvalue weighted by Gasteiger charge is 2.40. The summed E-state index contributed by atoms with van der Waals surface area (Å²) in [4.78, 5) is 19.2. The topological polar surface area (TPSA) is 54.5 Å². The fraction of sp³-hybridized carbons (Fsp3) is 0.400. The minimum atomic E-state index is -0.0215. The lowest BCUT2D eigenvalue weighted by Crippen LogP contribution is -2.62. The molecule has 0 aliphatic carbocycles. The third kappa shape index (κ3) is 3.55. The van der Waals surface area contributed by atoms with Gasteiger partial charge >= 0.3 is 0 Å². The van der Waals surface area contributed by atoms with E-state index in [1.807, 2.05) is 0 Å². The third-order valence-corrected chi connectivity index (χ3v) is 5.74. The molecule has 3 aliphatic rings. The lowest BCUT2D eigenvalue weighted by molar-refractivity contribution is 0.0217. The molecule has 136 valence electrons. The van der Waals surface area contributed by atoms with Crippen molar-refractivity contribution in [2.45, 2.75) is 31.8 Å². The second kappa shape index (κ2) is 7.25. The van der Waals surface area contributed by atoms with Gasteiger partial charge in [0.15, 0.2) is 0 Å². The number of pyridine rings is 1. The van der Waals surface area contributed by atoms with E-state index in [2.05, 4.69) is 22.1 Å². The van der Waals surface area contributed by atoms with E-state index in [1.165, 1.54) is 19.0 Å². The second-order valence-corrected chi connectivity index (χ2v) is 7.49. The van der Waals surface area contributed by atoms with Crippen molar-refractivity contribution in [1.82, 2.24) is 15.2 Å². The Morgan fingerprint density at radius 2 is 1.92 bits per heavy atom. The summed E-state index contributed by atoms with van der Waals surface area (Å²) in [7, 11) is 0. The van der Waals surface area contributed by atoms with Crippen LogP contribution in [0.3, 0.4) is 0 Å². The first-order valence-electron chi connectivity index (χ1n) is 9.04. The van der Waals surface area contributed by atoms with E-state index < -0.39 is 0 Å². The SMILES string of the molecule is C[C@H]1[C@H](NC(=O)c2ccc(Oc3ccc(Cl)cn3)cc2)C2CCN1CC2. The predicted molar refractivity (Wildman–Crippen MR) is 101 cm³/mol. The highest BCUT2D eigenvalue weighted by molar-refractivity contribution is 6.30. The number of benzene rings is 1. The molecule has 5 rings (SSSR count). The van der Waals surface area contributed by atoms with E-state index >= 15 is 0 Å². The molecular weight excluding hydrogens is 350 g/mol. The molecule has 26 heavy (non-hydrogen) atoms. The maximum absolute atomic E-state index is 12.6. The molecule has 1 amide bonds. The summed E-state index contributed by atoms with van der Waals surface area (Å²) in [5, 5.41) is 3.80. The fourth-order valence-electron chi connectivity index (χ4n) is 4.00. The summed E-state index contributed by atoms with van der Waals surface area (Å²) in [6.45, 7) is 4.53. The highest BCUT2D eigenvalue weighted by atomic mass is 35.5. The van der Waals surface area contributed by atoms with Crippen molar-refractivity contribution in [2.75, 3.05) is 13.1 Å². The summed E-state index contributed by atoms with van der Waals surface area (Å²) in [5.74, 6) is 1.67. The summed E-state index contributed by atoms with van der Waals surface area (Å²) in [6, 6.07) is 11.2. The largest absolute Gasteiger partial charge is 0.439 e. The van der Waals surface area contributed by atoms with Crippen LogP contribution in [0.1, 0.15) is 30.1 Å². The van der Waals surface area contributed by atoms with Gasteiger partial charge in [0.25, 0.3) is 5.91 Å². The van der Waals surface area contributed by atoms with Crippen LogP contribution in [-0.4, -0.2) is 41.0 Å². The number of ether oxygens (including phenoxy) is 1. The number of nitrogens with one attached hydrogen (secondary N) is 1. The Labute approximate surface area is 158 Å². The van der Waals surface area contributed by atoms with Gasteiger partial charge in [-0.2, -0.15) is 0 Å². The summed E-state index contributed by atoms with van der Waals surface area (Å²) in [5.41, 5.74) is 0.644. The van der Waals surface area contributed by atoms with Crippen LogP contribution in [-0.2, 0) is 0 Å². The molecular formula is C20H22ClN3O2. The zero-order valence-electron chi connectivity index (χ0n) is 14.7. The van der Waals surface area contributed by atoms with E-state index in [0.29, 0.717) is 34.2 Å². The first-order valence-corrected chi connectivity index (χ1v) is 9.42. The lowest BCUT2D eigenvalue weighted by Gasteiger charge is -2.49. The van der Waals surface area contributed by atoms with Gasteiger partial charge in [0.1, 0.15) is 5.75 Å². The molecule has 1 N–H and O–H groups in total. The molecule has 2 bridgehead atoms. The zero-order chi connectivity index (χ0) is 18.1. The summed E-state index contributed by atoms with van der Waals surface area (Å²) >= 11 is 5.82. The number of piperidine rings is 3. The van der Waals surface area contributed by atoms with E-state index in [-0.39, 0.29) is 11.9 Å². The Kier molecular flexibility index (Phi) is 4.83. The quantitative estimate of drug-likeness (QED) is 0.889. The number of nitrogens with zero attached hydrogens (tertiary/aromatic N) is 2. The van der Waals surface area contributed by atoms with Gasteiger partial charge in [0, 0.05) is 29.9 Å². The summed E-state index contributed by atoms with van der Waals surface area (Å²) < 4.78 is 5.67. The van der Waals surface area contributed by atoms with E-state index in [9.17, 15) is 4.79 Å². The molecule has 0 saturated carbocycles. The Hall–Kier alpha value is -2.11. The predicted octanol–water partition coefficient (Wildman–Crippen LogP) is 3.74. The number of rotatable bonds is 4. The first-order chi connectivity index (χ1) is 12.6. The molecule has 6 heteroatoms. The monoisotopic (exact) mass is 371 g/mol. The molecule has 3 fully saturated rings. The third-order valence-electron chi connectivity index (χ3n) is 5.51. The first kappa shape index (κ1) is 17.3. The van der Waals surface area contributed by atoms with E-state index in [4.69, 9.17) is 16.3 Å². The van der Waals surface area contributed by atoms with Crippen LogP contribution in [0.4, 0.5) is 0 Å². The van der Waals surface area contributed by atoms with Gasteiger partial charge in [-0.15, -0.1) is 0 Å². The van der Waals surface area contributed by atoms with Crippen molar-refractivity contribution in [3.05, 3.63) is 53.2 Å². The van der Waals surface area contributed by atoms with Gasteiger partial charge in [-0.3, -0.25) is 9.69 Å². The van der Waals surface area contributed by atoms with E-state index in [1.54, 1.807) is 36.4 Å². The Morgan fingerprint density at radius 1 is 1.19 bits per heavy atom. The fourth-order valence-corrected chi connectivity index (χ4v) is 4.11. The molecule has 0 radical (unpaired) electrons. The highest BCUT2D eigenvalue weighted by Crippen LogP contribution is 2.32. The Morgan fingerprint density at radius 3 is 2.54 bits per heavy atom. The Bertz CT molecular complexity index is 769. The summed E-state index contributed by atoms with van der Waals surface area (Å²) in [6.07, 6.45) is 3.89. The van der Waals surface area contributed by atoms with Crippen molar-refractivity contribution in [3.8, 4) is 11.6 Å². The van der Waals surface area contributed by atoms with Crippen molar-refractivity contribution in [2.24, 2.45) is 5.92 Å². The number of amides is 1. The van der Waals surface area contributed by atoms with E-state index in [0.717, 1.165) is 13.1 Å². The molecule has 5 nitrogen and oxygen atoms in total. The molecule has 0 spiro atoms. The molecule has 3 aliphatic heterocycles. The average molecular weight is 372 g/mol. The minimum absolute atomic E-state index is 0.0215. The maximum Gasteiger partial charge on any atom is 0.251 e. The van der Waals surface area contributed by atoms with Crippen molar-refractivity contribution in [3.63, 3.8) is 0 Å². The smallest absolute Gasteiger partial charge is 0.251 e. The van der Waals surface area contributed by atoms with Gasteiger partial charge in [-0.1, -0.05) is 11.6 Å².